The van der Waals surface area contributed by atoms with Gasteiger partial charge >= 0.3 is 5.50 Å². The lowest BCUT2D eigenvalue weighted by molar-refractivity contribution is 0.244. The van der Waals surface area contributed by atoms with Gasteiger partial charge < -0.3 is 0 Å². The Morgan fingerprint density at radius 1 is 2.00 bits per heavy atom. The summed E-state index contributed by atoms with van der Waals surface area (Å²) in [6, 6.07) is 0. The zero-order valence-electron chi connectivity index (χ0n) is 1.66. The molecule has 0 aliphatic carbocycles. The molecular formula is CClFO. The fourth-order valence-corrected chi connectivity index (χ4v) is 0. The van der Waals surface area contributed by atoms with Crippen LogP contribution in [0, 0.1) is 0 Å². The first-order valence-corrected chi connectivity index (χ1v) is 0.960. The minimum absolute atomic E-state index is 1.86. The summed E-state index contributed by atoms with van der Waals surface area (Å²) in [6.45, 7) is 0. The van der Waals surface area contributed by atoms with Crippen LogP contribution in [0.4, 0.5) is 9.18 Å². The van der Waals surface area contributed by atoms with Gasteiger partial charge in [0.15, 0.2) is 0 Å². The number of hydrogen-bond acceptors (Lipinski definition) is 1. The van der Waals surface area contributed by atoms with E-state index >= 15 is 0 Å². The molecule has 0 bridgehead atoms. The predicted molar refractivity (Wildman–Crippen MR) is 12.4 cm³/mol. The topological polar surface area (TPSA) is 17.1 Å². The van der Waals surface area contributed by atoms with E-state index < -0.39 is 5.50 Å². The minimum Gasteiger partial charge on any atom is -0.241 e. The van der Waals surface area contributed by atoms with Crippen LogP contribution in [0.3, 0.4) is 0 Å². The van der Waals surface area contributed by atoms with E-state index in [1.54, 1.807) is 0 Å². The van der Waals surface area contributed by atoms with Crippen molar-refractivity contribution in [3.63, 3.8) is 0 Å². The van der Waals surface area contributed by atoms with Crippen LogP contribution in [0.15, 0.2) is 0 Å². The van der Waals surface area contributed by atoms with Gasteiger partial charge in [0.2, 0.25) is 0 Å². The molecular weight excluding hydrogens is 82.5 g/mol. The second-order valence-corrected chi connectivity index (χ2v) is 0.523. The first-order chi connectivity index (χ1) is 1.73. The second kappa shape index (κ2) is 1.24. The van der Waals surface area contributed by atoms with E-state index in [1.807, 2.05) is 0 Å². The highest BCUT2D eigenvalue weighted by Gasteiger charge is 1.75. The quantitative estimate of drug-likeness (QED) is 0.403. The third kappa shape index (κ3) is 124. The summed E-state index contributed by atoms with van der Waals surface area (Å²) in [5, 5.41) is 0. The summed E-state index contributed by atoms with van der Waals surface area (Å²) in [5.74, 6) is 0. The molecule has 4 heavy (non-hydrogen) atoms. The van der Waals surface area contributed by atoms with Gasteiger partial charge in [-0.1, -0.05) is 0 Å². The molecule has 24 valence electrons. The minimum atomic E-state index is -1.86. The first-order valence-electron chi connectivity index (χ1n) is 0.582. The maximum absolute atomic E-state index is 10.1. The van der Waals surface area contributed by atoms with Gasteiger partial charge in [0, 0.05) is 0 Å². The van der Waals surface area contributed by atoms with Crippen molar-refractivity contribution < 1.29 is 9.18 Å². The molecule has 0 aliphatic rings. The largest absolute Gasteiger partial charge is 0.394 e. The fraction of sp³-hybridized carbons (Fsp3) is 0. The molecule has 0 N–H and O–H groups in total. The van der Waals surface area contributed by atoms with Crippen molar-refractivity contribution in [3.8, 4) is 0 Å². The Morgan fingerprint density at radius 3 is 2.00 bits per heavy atom. The molecule has 1 nitrogen and oxygen atoms in total. The van der Waals surface area contributed by atoms with Crippen LogP contribution < -0.4 is 0 Å². The van der Waals surface area contributed by atoms with Gasteiger partial charge in [-0.3, -0.25) is 0 Å². The third-order valence-corrected chi connectivity index (χ3v) is 0. The summed E-state index contributed by atoms with van der Waals surface area (Å²) in [6.07, 6.45) is 0. The van der Waals surface area contributed by atoms with E-state index in [0.29, 0.717) is 0 Å². The van der Waals surface area contributed by atoms with Crippen LogP contribution >= 0.6 is 11.6 Å². The highest BCUT2D eigenvalue weighted by Crippen LogP contribution is 1.77. The van der Waals surface area contributed by atoms with Crippen molar-refractivity contribution in [3.05, 3.63) is 0 Å². The molecule has 0 amide bonds. The number of carbonyl (C=O) groups is 1. The molecule has 0 aromatic heterocycles. The standard InChI is InChI=1S/CClFO/c2-1(3)4. The lowest BCUT2D eigenvalue weighted by Crippen LogP contribution is -1.50. The Morgan fingerprint density at radius 2 is 2.00 bits per heavy atom. The zero-order chi connectivity index (χ0) is 3.58. The molecule has 0 aromatic carbocycles. The average Bonchev–Trinajstić information content (AvgIpc) is 0.811. The zero-order valence-corrected chi connectivity index (χ0v) is 2.42. The molecule has 0 rings (SSSR count). The number of halogens is 2. The molecule has 0 spiro atoms. The van der Waals surface area contributed by atoms with Crippen molar-refractivity contribution in [2.24, 2.45) is 0 Å². The molecule has 0 fully saturated rings. The number of hydrogen-bond donors (Lipinski definition) is 0. The smallest absolute Gasteiger partial charge is 0.241 e. The van der Waals surface area contributed by atoms with Crippen molar-refractivity contribution >= 4 is 17.1 Å². The van der Waals surface area contributed by atoms with E-state index in [9.17, 15) is 4.39 Å². The predicted octanol–water partition coefficient (Wildman–Crippen LogP) is 1.31. The van der Waals surface area contributed by atoms with E-state index in [1.165, 1.54) is 0 Å². The van der Waals surface area contributed by atoms with Crippen LogP contribution in [-0.2, 0) is 0 Å². The van der Waals surface area contributed by atoms with Gasteiger partial charge in [0.1, 0.15) is 0 Å². The number of carbonyl (C=O) groups excluding carboxylic acids is 1. The van der Waals surface area contributed by atoms with E-state index in [2.05, 4.69) is 11.6 Å². The summed E-state index contributed by atoms with van der Waals surface area (Å²) in [5.41, 5.74) is -1.86. The maximum Gasteiger partial charge on any atom is 0.394 e. The molecule has 3 heteroatoms. The van der Waals surface area contributed by atoms with E-state index in [-0.39, 0.29) is 0 Å². The second-order valence-electron chi connectivity index (χ2n) is 0.226. The molecule has 0 atom stereocenters. The van der Waals surface area contributed by atoms with Crippen molar-refractivity contribution in [1.82, 2.24) is 0 Å². The monoisotopic (exact) mass is 82.0 g/mol. The summed E-state index contributed by atoms with van der Waals surface area (Å²) in [7, 11) is 0. The highest BCUT2D eigenvalue weighted by molar-refractivity contribution is 6.60. The molecule has 0 saturated carbocycles. The van der Waals surface area contributed by atoms with Gasteiger partial charge in [-0.25, -0.2) is 4.79 Å². The Kier molecular flexibility index (Phi) is 1.20. The SMILES string of the molecule is O=C(F)Cl. The lowest BCUT2D eigenvalue weighted by atomic mass is 11.7. The Bertz CT molecular complexity index is 31.0. The molecule has 0 saturated heterocycles. The summed E-state index contributed by atoms with van der Waals surface area (Å²) >= 11 is 3.97. The average molecular weight is 82.5 g/mol. The van der Waals surface area contributed by atoms with E-state index in [0.717, 1.165) is 0 Å². The van der Waals surface area contributed by atoms with Gasteiger partial charge in [-0.2, -0.15) is 0 Å². The van der Waals surface area contributed by atoms with E-state index in [4.69, 9.17) is 4.79 Å². The summed E-state index contributed by atoms with van der Waals surface area (Å²) in [4.78, 5) is 8.54. The molecule has 0 aliphatic heterocycles. The number of rotatable bonds is 0. The first kappa shape index (κ1) is 3.89. The van der Waals surface area contributed by atoms with Crippen LogP contribution in [0.1, 0.15) is 0 Å². The van der Waals surface area contributed by atoms with Crippen molar-refractivity contribution in [2.75, 3.05) is 0 Å². The Labute approximate surface area is 27.4 Å². The normalized spacial score (nSPS) is 6.50. The Balaban J connectivity index is 2.80. The van der Waals surface area contributed by atoms with Gasteiger partial charge in [-0.05, 0) is 11.6 Å². The fourth-order valence-electron chi connectivity index (χ4n) is 0. The van der Waals surface area contributed by atoms with Gasteiger partial charge in [0.05, 0.1) is 0 Å². The van der Waals surface area contributed by atoms with Gasteiger partial charge in [-0.15, -0.1) is 4.39 Å². The van der Waals surface area contributed by atoms with Gasteiger partial charge in [0.25, 0.3) is 0 Å². The van der Waals surface area contributed by atoms with Crippen molar-refractivity contribution in [1.29, 1.82) is 0 Å². The molecule has 0 heterocycles. The lowest BCUT2D eigenvalue weighted by Gasteiger charge is -1.46. The summed E-state index contributed by atoms with van der Waals surface area (Å²) < 4.78 is 10.1. The van der Waals surface area contributed by atoms with Crippen molar-refractivity contribution in [2.45, 2.75) is 0 Å². The van der Waals surface area contributed by atoms with Crippen LogP contribution in [0.5, 0.6) is 0 Å². The molecule has 0 radical (unpaired) electrons. The highest BCUT2D eigenvalue weighted by atomic mass is 35.5. The third-order valence-electron chi connectivity index (χ3n) is 0. The molecule has 0 unspecified atom stereocenters. The maximum atomic E-state index is 10.1. The Hall–Kier alpha value is -0.110. The van der Waals surface area contributed by atoms with Crippen LogP contribution in [0.25, 0.3) is 0 Å². The molecule has 0 aromatic rings. The van der Waals surface area contributed by atoms with Crippen LogP contribution in [0.2, 0.25) is 0 Å². The van der Waals surface area contributed by atoms with Crippen LogP contribution in [-0.4, -0.2) is 5.50 Å².